The fourth-order valence-corrected chi connectivity index (χ4v) is 2.67. The minimum absolute atomic E-state index is 0.276. The lowest BCUT2D eigenvalue weighted by Gasteiger charge is -2.26. The minimum atomic E-state index is 0.276. The minimum Gasteiger partial charge on any atom is -0.271 e. The molecule has 1 rings (SSSR count). The summed E-state index contributed by atoms with van der Waals surface area (Å²) in [4.78, 5) is 0. The third-order valence-corrected chi connectivity index (χ3v) is 4.07. The molecule has 1 aromatic carbocycles. The summed E-state index contributed by atoms with van der Waals surface area (Å²) < 4.78 is 0. The molecule has 0 spiro atoms. The first kappa shape index (κ1) is 16.2. The Morgan fingerprint density at radius 2 is 1.63 bits per heavy atom. The Labute approximate surface area is 118 Å². The molecule has 0 aliphatic heterocycles. The number of benzene rings is 1. The van der Waals surface area contributed by atoms with Gasteiger partial charge >= 0.3 is 0 Å². The van der Waals surface area contributed by atoms with Gasteiger partial charge in [0.05, 0.1) is 0 Å². The molecule has 19 heavy (non-hydrogen) atoms. The smallest absolute Gasteiger partial charge is 0.0488 e. The highest BCUT2D eigenvalue weighted by molar-refractivity contribution is 5.27. The lowest BCUT2D eigenvalue weighted by atomic mass is 9.86. The van der Waals surface area contributed by atoms with E-state index in [0.717, 1.165) is 0 Å². The first-order valence-corrected chi connectivity index (χ1v) is 7.69. The van der Waals surface area contributed by atoms with Gasteiger partial charge < -0.3 is 0 Å². The van der Waals surface area contributed by atoms with Crippen molar-refractivity contribution in [3.8, 4) is 0 Å². The van der Waals surface area contributed by atoms with Crippen molar-refractivity contribution >= 4 is 0 Å². The molecule has 0 amide bonds. The Morgan fingerprint density at radius 1 is 1.05 bits per heavy atom. The second-order valence-corrected chi connectivity index (χ2v) is 5.78. The van der Waals surface area contributed by atoms with E-state index in [2.05, 4.69) is 57.4 Å². The quantitative estimate of drug-likeness (QED) is 0.533. The average molecular weight is 262 g/mol. The van der Waals surface area contributed by atoms with Gasteiger partial charge in [-0.3, -0.25) is 11.3 Å². The van der Waals surface area contributed by atoms with Gasteiger partial charge in [-0.05, 0) is 29.4 Å². The maximum absolute atomic E-state index is 5.80. The molecule has 3 N–H and O–H groups in total. The Hall–Kier alpha value is -0.860. The van der Waals surface area contributed by atoms with Crippen LogP contribution in [0.3, 0.4) is 0 Å². The van der Waals surface area contributed by atoms with Crippen LogP contribution in [0, 0.1) is 5.92 Å². The lowest BCUT2D eigenvalue weighted by Crippen LogP contribution is -2.33. The van der Waals surface area contributed by atoms with Crippen molar-refractivity contribution in [1.29, 1.82) is 0 Å². The Balaban J connectivity index is 2.82. The molecule has 0 saturated carbocycles. The molecule has 2 nitrogen and oxygen atoms in total. The fraction of sp³-hybridized carbons (Fsp3) is 0.647. The molecule has 0 aliphatic rings. The molecule has 0 heterocycles. The highest BCUT2D eigenvalue weighted by Crippen LogP contribution is 2.29. The number of rotatable bonds is 8. The van der Waals surface area contributed by atoms with E-state index in [1.807, 2.05) is 0 Å². The molecule has 2 atom stereocenters. The van der Waals surface area contributed by atoms with Crippen LogP contribution in [0.5, 0.6) is 0 Å². The number of hydrogen-bond donors (Lipinski definition) is 2. The zero-order chi connectivity index (χ0) is 14.3. The summed E-state index contributed by atoms with van der Waals surface area (Å²) in [6, 6.07) is 9.20. The van der Waals surface area contributed by atoms with E-state index in [9.17, 15) is 0 Å². The van der Waals surface area contributed by atoms with Crippen LogP contribution in [-0.2, 0) is 0 Å². The zero-order valence-corrected chi connectivity index (χ0v) is 12.9. The van der Waals surface area contributed by atoms with Crippen LogP contribution in [0.4, 0.5) is 0 Å². The van der Waals surface area contributed by atoms with E-state index in [1.54, 1.807) is 0 Å². The van der Waals surface area contributed by atoms with Gasteiger partial charge in [0.1, 0.15) is 0 Å². The van der Waals surface area contributed by atoms with Gasteiger partial charge in [0.15, 0.2) is 0 Å². The van der Waals surface area contributed by atoms with Gasteiger partial charge in [-0.15, -0.1) is 0 Å². The monoisotopic (exact) mass is 262 g/mol. The van der Waals surface area contributed by atoms with Crippen molar-refractivity contribution in [1.82, 2.24) is 5.43 Å². The summed E-state index contributed by atoms with van der Waals surface area (Å²) in [6.45, 7) is 8.95. The van der Waals surface area contributed by atoms with Crippen molar-refractivity contribution in [3.05, 3.63) is 35.4 Å². The van der Waals surface area contributed by atoms with Gasteiger partial charge in [-0.25, -0.2) is 0 Å². The maximum atomic E-state index is 5.80. The van der Waals surface area contributed by atoms with Crippen molar-refractivity contribution < 1.29 is 0 Å². The van der Waals surface area contributed by atoms with Crippen molar-refractivity contribution in [2.45, 2.75) is 65.3 Å². The highest BCUT2D eigenvalue weighted by Gasteiger charge is 2.20. The zero-order valence-electron chi connectivity index (χ0n) is 12.9. The van der Waals surface area contributed by atoms with Gasteiger partial charge in [0, 0.05) is 6.04 Å². The normalized spacial score (nSPS) is 14.6. The van der Waals surface area contributed by atoms with E-state index < -0.39 is 0 Å². The summed E-state index contributed by atoms with van der Waals surface area (Å²) in [6.07, 6.45) is 4.94. The Bertz CT molecular complexity index is 343. The summed E-state index contributed by atoms with van der Waals surface area (Å²) in [5, 5.41) is 0. The maximum Gasteiger partial charge on any atom is 0.0488 e. The van der Waals surface area contributed by atoms with Crippen LogP contribution in [0.15, 0.2) is 24.3 Å². The van der Waals surface area contributed by atoms with Gasteiger partial charge in [0.25, 0.3) is 0 Å². The highest BCUT2D eigenvalue weighted by atomic mass is 15.2. The molecule has 0 saturated heterocycles. The first-order chi connectivity index (χ1) is 9.13. The number of unbranched alkanes of at least 4 members (excludes halogenated alkanes) is 1. The molecule has 2 unspecified atom stereocenters. The lowest BCUT2D eigenvalue weighted by molar-refractivity contribution is 0.327. The average Bonchev–Trinajstić information content (AvgIpc) is 2.43. The number of nitrogens with one attached hydrogen (secondary N) is 1. The van der Waals surface area contributed by atoms with Crippen molar-refractivity contribution in [3.63, 3.8) is 0 Å². The molecule has 0 fully saturated rings. The van der Waals surface area contributed by atoms with E-state index in [1.165, 1.54) is 36.8 Å². The summed E-state index contributed by atoms with van der Waals surface area (Å²) in [5.41, 5.74) is 5.73. The standard InChI is InChI=1S/C17H30N2/c1-5-7-8-14(6-2)17(19-18)16-11-9-15(10-12-16)13(3)4/h9-14,17,19H,5-8,18H2,1-4H3. The summed E-state index contributed by atoms with van der Waals surface area (Å²) >= 11 is 0. The third kappa shape index (κ3) is 4.63. The van der Waals surface area contributed by atoms with Crippen LogP contribution < -0.4 is 11.3 Å². The van der Waals surface area contributed by atoms with Crippen LogP contribution in [0.25, 0.3) is 0 Å². The van der Waals surface area contributed by atoms with E-state index in [4.69, 9.17) is 5.84 Å². The molecule has 0 aliphatic carbocycles. The van der Waals surface area contributed by atoms with Crippen LogP contribution in [0.2, 0.25) is 0 Å². The largest absolute Gasteiger partial charge is 0.271 e. The molecular weight excluding hydrogens is 232 g/mol. The fourth-order valence-electron chi connectivity index (χ4n) is 2.67. The number of hydrazine groups is 1. The van der Waals surface area contributed by atoms with Crippen LogP contribution in [-0.4, -0.2) is 0 Å². The number of hydrogen-bond acceptors (Lipinski definition) is 2. The SMILES string of the molecule is CCCCC(CC)C(NN)c1ccc(C(C)C)cc1. The van der Waals surface area contributed by atoms with Crippen LogP contribution >= 0.6 is 0 Å². The molecule has 2 heteroatoms. The van der Waals surface area contributed by atoms with Gasteiger partial charge in [0.2, 0.25) is 0 Å². The van der Waals surface area contributed by atoms with E-state index in [-0.39, 0.29) is 6.04 Å². The second kappa shape index (κ2) is 8.34. The number of nitrogens with two attached hydrogens (primary N) is 1. The van der Waals surface area contributed by atoms with Crippen LogP contribution in [0.1, 0.15) is 76.5 Å². The second-order valence-electron chi connectivity index (χ2n) is 5.78. The summed E-state index contributed by atoms with van der Waals surface area (Å²) in [5.74, 6) is 7.00. The molecule has 1 aromatic rings. The molecule has 0 aromatic heterocycles. The summed E-state index contributed by atoms with van der Waals surface area (Å²) in [7, 11) is 0. The molecule has 108 valence electrons. The molecular formula is C17H30N2. The topological polar surface area (TPSA) is 38.0 Å². The Kier molecular flexibility index (Phi) is 7.11. The Morgan fingerprint density at radius 3 is 2.05 bits per heavy atom. The van der Waals surface area contributed by atoms with E-state index in [0.29, 0.717) is 11.8 Å². The van der Waals surface area contributed by atoms with Crippen molar-refractivity contribution in [2.75, 3.05) is 0 Å². The van der Waals surface area contributed by atoms with Gasteiger partial charge in [-0.1, -0.05) is 71.2 Å². The van der Waals surface area contributed by atoms with E-state index >= 15 is 0 Å². The molecule has 0 radical (unpaired) electrons. The molecule has 0 bridgehead atoms. The first-order valence-electron chi connectivity index (χ1n) is 7.69. The third-order valence-electron chi connectivity index (χ3n) is 4.07. The van der Waals surface area contributed by atoms with Gasteiger partial charge in [-0.2, -0.15) is 0 Å². The predicted octanol–water partition coefficient (Wildman–Crippen LogP) is 4.53. The predicted molar refractivity (Wildman–Crippen MR) is 83.9 cm³/mol. The van der Waals surface area contributed by atoms with Crippen molar-refractivity contribution in [2.24, 2.45) is 11.8 Å².